The van der Waals surface area contributed by atoms with Crippen molar-refractivity contribution in [2.24, 2.45) is 29.4 Å². The van der Waals surface area contributed by atoms with E-state index in [0.717, 1.165) is 50.3 Å². The van der Waals surface area contributed by atoms with Crippen molar-refractivity contribution in [3.63, 3.8) is 0 Å². The van der Waals surface area contributed by atoms with Gasteiger partial charge < -0.3 is 26.0 Å². The molecule has 8 nitrogen and oxygen atoms in total. The number of nitrogens with zero attached hydrogens (tertiary/aromatic N) is 1. The number of likely N-dealkylation sites (tertiary alicyclic amines) is 1. The molecule has 5 N–H and O–H groups in total. The molecule has 8 heteroatoms. The van der Waals surface area contributed by atoms with Gasteiger partial charge in [0.2, 0.25) is 11.8 Å². The summed E-state index contributed by atoms with van der Waals surface area (Å²) in [5, 5.41) is 13.1. The van der Waals surface area contributed by atoms with E-state index >= 15 is 0 Å². The standard InChI is InChI=1S/C28H38N4O4/c29-16-17-6-8-19(9-7-17)27(34)32-13-12-22(18-4-2-1-3-5-18)25(32)26(33)30-21-10-11-23-20(14-21)15-24(31-23)28(35)36/h10-11,14-15,17-19,22,25,31H,1-9,12-13,16,29H2,(H,30,33)(H,35,36)/t17?,19?,22-,25-/m0/s1. The Morgan fingerprint density at radius 3 is 2.44 bits per heavy atom. The Morgan fingerprint density at radius 1 is 1.00 bits per heavy atom. The van der Waals surface area contributed by atoms with Gasteiger partial charge in [0.05, 0.1) is 0 Å². The lowest BCUT2D eigenvalue weighted by molar-refractivity contribution is -0.142. The third-order valence-electron chi connectivity index (χ3n) is 8.90. The highest BCUT2D eigenvalue weighted by atomic mass is 16.4. The minimum absolute atomic E-state index is 0.0150. The Hall–Kier alpha value is -2.87. The van der Waals surface area contributed by atoms with Gasteiger partial charge >= 0.3 is 5.97 Å². The van der Waals surface area contributed by atoms with E-state index in [0.29, 0.717) is 36.1 Å². The van der Waals surface area contributed by atoms with Gasteiger partial charge in [-0.05, 0) is 80.7 Å². The fraction of sp³-hybridized carbons (Fsp3) is 0.607. The molecule has 1 aliphatic heterocycles. The second-order valence-electron chi connectivity index (χ2n) is 11.1. The van der Waals surface area contributed by atoms with Crippen LogP contribution in [0.4, 0.5) is 5.69 Å². The molecular weight excluding hydrogens is 456 g/mol. The molecule has 1 aromatic heterocycles. The molecule has 1 saturated heterocycles. The minimum atomic E-state index is -1.02. The number of carboxylic acids is 1. The van der Waals surface area contributed by atoms with E-state index in [-0.39, 0.29) is 29.3 Å². The first-order valence-corrected chi connectivity index (χ1v) is 13.6. The molecular formula is C28H38N4O4. The highest BCUT2D eigenvalue weighted by Gasteiger charge is 2.46. The molecule has 1 aromatic carbocycles. The number of aromatic amines is 1. The quantitative estimate of drug-likeness (QED) is 0.474. The molecule has 3 aliphatic rings. The molecule has 0 radical (unpaired) electrons. The van der Waals surface area contributed by atoms with Gasteiger partial charge in [0.25, 0.3) is 0 Å². The lowest BCUT2D eigenvalue weighted by atomic mass is 9.76. The summed E-state index contributed by atoms with van der Waals surface area (Å²) in [6, 6.07) is 6.48. The van der Waals surface area contributed by atoms with Crippen molar-refractivity contribution in [3.05, 3.63) is 30.0 Å². The van der Waals surface area contributed by atoms with Crippen molar-refractivity contribution < 1.29 is 19.5 Å². The van der Waals surface area contributed by atoms with Crippen molar-refractivity contribution in [1.82, 2.24) is 9.88 Å². The van der Waals surface area contributed by atoms with Crippen molar-refractivity contribution in [1.29, 1.82) is 0 Å². The summed E-state index contributed by atoms with van der Waals surface area (Å²) in [6.45, 7) is 1.33. The van der Waals surface area contributed by atoms with E-state index < -0.39 is 12.0 Å². The van der Waals surface area contributed by atoms with Crippen molar-refractivity contribution in [2.45, 2.75) is 70.3 Å². The molecule has 36 heavy (non-hydrogen) atoms. The second-order valence-corrected chi connectivity index (χ2v) is 11.1. The van der Waals surface area contributed by atoms with Crippen LogP contribution in [0.5, 0.6) is 0 Å². The van der Waals surface area contributed by atoms with Crippen LogP contribution in [0.3, 0.4) is 0 Å². The summed E-state index contributed by atoms with van der Waals surface area (Å²) >= 11 is 0. The van der Waals surface area contributed by atoms with Gasteiger partial charge in [-0.2, -0.15) is 0 Å². The van der Waals surface area contributed by atoms with Gasteiger partial charge in [-0.15, -0.1) is 0 Å². The number of amides is 2. The van der Waals surface area contributed by atoms with E-state index in [1.54, 1.807) is 24.3 Å². The zero-order chi connectivity index (χ0) is 25.2. The Labute approximate surface area is 212 Å². The average Bonchev–Trinajstić information content (AvgIpc) is 3.54. The maximum Gasteiger partial charge on any atom is 0.352 e. The van der Waals surface area contributed by atoms with Gasteiger partial charge in [0, 0.05) is 29.1 Å². The molecule has 2 aromatic rings. The number of nitrogens with two attached hydrogens (primary N) is 1. The van der Waals surface area contributed by atoms with Gasteiger partial charge in [0.15, 0.2) is 0 Å². The molecule has 2 amide bonds. The maximum absolute atomic E-state index is 13.8. The number of anilines is 1. The molecule has 2 saturated carbocycles. The van der Waals surface area contributed by atoms with E-state index in [4.69, 9.17) is 5.73 Å². The van der Waals surface area contributed by atoms with Crippen LogP contribution < -0.4 is 11.1 Å². The lowest BCUT2D eigenvalue weighted by Crippen LogP contribution is -2.49. The van der Waals surface area contributed by atoms with Crippen LogP contribution in [-0.2, 0) is 9.59 Å². The maximum atomic E-state index is 13.8. The minimum Gasteiger partial charge on any atom is -0.477 e. The Kier molecular flexibility index (Phi) is 7.32. The van der Waals surface area contributed by atoms with Crippen molar-refractivity contribution in [3.8, 4) is 0 Å². The summed E-state index contributed by atoms with van der Waals surface area (Å²) in [5.41, 5.74) is 7.29. The topological polar surface area (TPSA) is 129 Å². The van der Waals surface area contributed by atoms with Crippen LogP contribution >= 0.6 is 0 Å². The van der Waals surface area contributed by atoms with E-state index in [1.807, 2.05) is 4.90 Å². The van der Waals surface area contributed by atoms with Crippen LogP contribution in [0.2, 0.25) is 0 Å². The molecule has 3 fully saturated rings. The van der Waals surface area contributed by atoms with Crippen LogP contribution in [0.25, 0.3) is 10.9 Å². The predicted molar refractivity (Wildman–Crippen MR) is 139 cm³/mol. The number of benzene rings is 1. The molecule has 0 unspecified atom stereocenters. The number of carbonyl (C=O) groups is 3. The van der Waals surface area contributed by atoms with E-state index in [2.05, 4.69) is 10.3 Å². The molecule has 2 aliphatic carbocycles. The largest absolute Gasteiger partial charge is 0.477 e. The zero-order valence-corrected chi connectivity index (χ0v) is 20.9. The SMILES string of the molecule is NCC1CCC(C(=O)N2CC[C@@H](C3CCCCC3)[C@H]2C(=O)Nc2ccc3[nH]c(C(=O)O)cc3c2)CC1. The molecule has 194 valence electrons. The number of carbonyl (C=O) groups excluding carboxylic acids is 2. The Bertz CT molecular complexity index is 1110. The van der Waals surface area contributed by atoms with Crippen molar-refractivity contribution in [2.75, 3.05) is 18.4 Å². The number of fused-ring (bicyclic) bond motifs is 1. The monoisotopic (exact) mass is 494 g/mol. The number of aromatic carboxylic acids is 1. The first kappa shape index (κ1) is 24.8. The van der Waals surface area contributed by atoms with E-state index in [1.165, 1.54) is 19.3 Å². The molecule has 0 spiro atoms. The predicted octanol–water partition coefficient (Wildman–Crippen LogP) is 4.37. The van der Waals surface area contributed by atoms with E-state index in [9.17, 15) is 19.5 Å². The third-order valence-corrected chi connectivity index (χ3v) is 8.90. The summed E-state index contributed by atoms with van der Waals surface area (Å²) in [7, 11) is 0. The highest BCUT2D eigenvalue weighted by Crippen LogP contribution is 2.41. The molecule has 2 atom stereocenters. The number of hydrogen-bond donors (Lipinski definition) is 4. The number of nitrogens with one attached hydrogen (secondary N) is 2. The number of aromatic nitrogens is 1. The van der Waals surface area contributed by atoms with Crippen molar-refractivity contribution >= 4 is 34.4 Å². The lowest BCUT2D eigenvalue weighted by Gasteiger charge is -2.36. The first-order chi connectivity index (χ1) is 17.4. The molecule has 0 bridgehead atoms. The third kappa shape index (κ3) is 5.01. The smallest absolute Gasteiger partial charge is 0.352 e. The zero-order valence-electron chi connectivity index (χ0n) is 20.9. The normalized spacial score (nSPS) is 27.3. The van der Waals surface area contributed by atoms with Crippen LogP contribution in [0, 0.1) is 23.7 Å². The average molecular weight is 495 g/mol. The van der Waals surface area contributed by atoms with Gasteiger partial charge in [-0.25, -0.2) is 4.79 Å². The summed E-state index contributed by atoms with van der Waals surface area (Å²) in [5.74, 6) is 0.143. The Morgan fingerprint density at radius 2 is 1.75 bits per heavy atom. The first-order valence-electron chi connectivity index (χ1n) is 13.6. The number of carboxylic acid groups (broad SMARTS) is 1. The van der Waals surface area contributed by atoms with Crippen LogP contribution in [-0.4, -0.2) is 51.9 Å². The van der Waals surface area contributed by atoms with Crippen LogP contribution in [0.15, 0.2) is 24.3 Å². The number of H-pyrrole nitrogens is 1. The molecule has 2 heterocycles. The van der Waals surface area contributed by atoms with Gasteiger partial charge in [-0.1, -0.05) is 32.1 Å². The highest BCUT2D eigenvalue weighted by molar-refractivity contribution is 6.00. The number of hydrogen-bond acceptors (Lipinski definition) is 4. The fourth-order valence-electron chi connectivity index (χ4n) is 6.88. The number of rotatable bonds is 6. The second kappa shape index (κ2) is 10.6. The summed E-state index contributed by atoms with van der Waals surface area (Å²) < 4.78 is 0. The summed E-state index contributed by atoms with van der Waals surface area (Å²) in [4.78, 5) is 43.6. The molecule has 5 rings (SSSR count). The van der Waals surface area contributed by atoms with Gasteiger partial charge in [-0.3, -0.25) is 9.59 Å². The summed E-state index contributed by atoms with van der Waals surface area (Å²) in [6.07, 6.45) is 10.5. The Balaban J connectivity index is 1.36. The van der Waals surface area contributed by atoms with Crippen LogP contribution in [0.1, 0.15) is 74.7 Å². The van der Waals surface area contributed by atoms with Gasteiger partial charge in [0.1, 0.15) is 11.7 Å². The fourth-order valence-corrected chi connectivity index (χ4v) is 6.88.